The Morgan fingerprint density at radius 3 is 2.18 bits per heavy atom. The van der Waals surface area contributed by atoms with Gasteiger partial charge in [-0.05, 0) is 37.1 Å². The second-order valence-corrected chi connectivity index (χ2v) is 9.44. The van der Waals surface area contributed by atoms with E-state index >= 15 is 0 Å². The zero-order valence-corrected chi connectivity index (χ0v) is 19.8. The van der Waals surface area contributed by atoms with Crippen LogP contribution in [0.15, 0.2) is 48.5 Å². The summed E-state index contributed by atoms with van der Waals surface area (Å²) in [6, 6.07) is 10.5. The summed E-state index contributed by atoms with van der Waals surface area (Å²) in [6.45, 7) is -0.431. The number of rotatable bonds is 6. The Morgan fingerprint density at radius 1 is 1.00 bits per heavy atom. The highest BCUT2D eigenvalue weighted by Crippen LogP contribution is 2.39. The molecule has 1 aliphatic heterocycles. The van der Waals surface area contributed by atoms with Crippen LogP contribution in [0.5, 0.6) is 0 Å². The molecule has 0 spiro atoms. The second-order valence-electron chi connectivity index (χ2n) is 8.62. The number of benzene rings is 2. The Morgan fingerprint density at radius 2 is 1.59 bits per heavy atom. The van der Waals surface area contributed by atoms with Gasteiger partial charge in [0.1, 0.15) is 0 Å². The molecule has 2 fully saturated rings. The lowest BCUT2D eigenvalue weighted by molar-refractivity contribution is -0.204. The summed E-state index contributed by atoms with van der Waals surface area (Å²) in [5, 5.41) is 10.1. The van der Waals surface area contributed by atoms with E-state index < -0.39 is 23.7 Å². The van der Waals surface area contributed by atoms with Gasteiger partial charge in [-0.25, -0.2) is 0 Å². The Bertz CT molecular complexity index is 1020. The van der Waals surface area contributed by atoms with E-state index in [-0.39, 0.29) is 35.0 Å². The number of hydrogen-bond donors (Lipinski definition) is 4. The van der Waals surface area contributed by atoms with Crippen LogP contribution < -0.4 is 21.4 Å². The molecular formula is C23H26Cl2F3N5O. The SMILES string of the molecule is O=C(NC1CCCC1)C1(Nc2ccccc2Cl)CNCN(Nc2ccccc2Cl)C1C(F)(F)F. The van der Waals surface area contributed by atoms with Gasteiger partial charge < -0.3 is 16.1 Å². The Labute approximate surface area is 206 Å². The first kappa shape index (κ1) is 24.9. The summed E-state index contributed by atoms with van der Waals surface area (Å²) >= 11 is 12.5. The minimum absolute atomic E-state index is 0.168. The molecule has 0 radical (unpaired) electrons. The average Bonchev–Trinajstić information content (AvgIpc) is 3.29. The van der Waals surface area contributed by atoms with Gasteiger partial charge in [-0.15, -0.1) is 0 Å². The largest absolute Gasteiger partial charge is 0.408 e. The van der Waals surface area contributed by atoms with Crippen LogP contribution in [-0.2, 0) is 4.79 Å². The molecule has 11 heteroatoms. The zero-order valence-electron chi connectivity index (χ0n) is 18.3. The van der Waals surface area contributed by atoms with Crippen LogP contribution in [0.25, 0.3) is 0 Å². The van der Waals surface area contributed by atoms with Gasteiger partial charge in [0.15, 0.2) is 11.6 Å². The molecule has 0 bridgehead atoms. The van der Waals surface area contributed by atoms with Crippen LogP contribution >= 0.6 is 23.2 Å². The summed E-state index contributed by atoms with van der Waals surface area (Å²) in [6.07, 6.45) is -1.45. The lowest BCUT2D eigenvalue weighted by Crippen LogP contribution is -2.78. The molecule has 1 aliphatic carbocycles. The van der Waals surface area contributed by atoms with Crippen molar-refractivity contribution < 1.29 is 18.0 Å². The van der Waals surface area contributed by atoms with Gasteiger partial charge in [-0.1, -0.05) is 60.3 Å². The normalized spacial score (nSPS) is 24.1. The molecule has 4 N–H and O–H groups in total. The van der Waals surface area contributed by atoms with E-state index in [1.165, 1.54) is 0 Å². The van der Waals surface area contributed by atoms with Crippen LogP contribution in [0.2, 0.25) is 10.0 Å². The highest BCUT2D eigenvalue weighted by atomic mass is 35.5. The van der Waals surface area contributed by atoms with Crippen LogP contribution in [0.4, 0.5) is 24.5 Å². The first-order chi connectivity index (χ1) is 16.2. The molecule has 2 atom stereocenters. The summed E-state index contributed by atoms with van der Waals surface area (Å²) in [4.78, 5) is 13.7. The molecule has 0 aromatic heterocycles. The summed E-state index contributed by atoms with van der Waals surface area (Å²) in [7, 11) is 0. The van der Waals surface area contributed by atoms with Crippen molar-refractivity contribution >= 4 is 40.5 Å². The third-order valence-corrected chi connectivity index (χ3v) is 6.90. The minimum Gasteiger partial charge on any atom is -0.367 e. The van der Waals surface area contributed by atoms with Crippen molar-refractivity contribution in [2.24, 2.45) is 0 Å². The third kappa shape index (κ3) is 5.22. The van der Waals surface area contributed by atoms with Crippen molar-refractivity contribution in [1.82, 2.24) is 15.6 Å². The van der Waals surface area contributed by atoms with Crippen molar-refractivity contribution in [1.29, 1.82) is 0 Å². The van der Waals surface area contributed by atoms with E-state index in [0.717, 1.165) is 30.7 Å². The molecule has 1 amide bonds. The standard InChI is InChI=1S/C23H26Cl2F3N5O/c24-16-9-3-5-11-18(16)31-22(21(34)30-15-7-1-2-8-15)13-29-14-33(20(22)23(26,27)28)32-19-12-6-4-10-17(19)25/h3-6,9-12,15,20,29,31-32H,1-2,7-8,13-14H2,(H,30,34). The predicted octanol–water partition coefficient (Wildman–Crippen LogP) is 5.02. The summed E-state index contributed by atoms with van der Waals surface area (Å²) in [5.74, 6) is -0.736. The maximum Gasteiger partial charge on any atom is 0.408 e. The van der Waals surface area contributed by atoms with Crippen molar-refractivity contribution in [3.8, 4) is 0 Å². The average molecular weight is 516 g/mol. The number of alkyl halides is 3. The van der Waals surface area contributed by atoms with Gasteiger partial charge >= 0.3 is 6.18 Å². The lowest BCUT2D eigenvalue weighted by Gasteiger charge is -2.50. The van der Waals surface area contributed by atoms with Crippen molar-refractivity contribution in [2.45, 2.75) is 49.5 Å². The number of hydrogen-bond acceptors (Lipinski definition) is 5. The number of carbonyl (C=O) groups is 1. The topological polar surface area (TPSA) is 68.4 Å². The maximum atomic E-state index is 14.8. The van der Waals surface area contributed by atoms with Gasteiger partial charge in [0, 0.05) is 12.6 Å². The second kappa shape index (κ2) is 10.2. The highest BCUT2D eigenvalue weighted by Gasteiger charge is 2.63. The quantitative estimate of drug-likeness (QED) is 0.434. The molecule has 184 valence electrons. The van der Waals surface area contributed by atoms with E-state index in [2.05, 4.69) is 21.4 Å². The first-order valence-corrected chi connectivity index (χ1v) is 11.9. The molecule has 4 rings (SSSR count). The van der Waals surface area contributed by atoms with Crippen molar-refractivity contribution in [3.63, 3.8) is 0 Å². The number of hydrazine groups is 1. The molecular weight excluding hydrogens is 490 g/mol. The van der Waals surface area contributed by atoms with Gasteiger partial charge in [0.05, 0.1) is 28.1 Å². The number of carbonyl (C=O) groups excluding carboxylic acids is 1. The van der Waals surface area contributed by atoms with Gasteiger partial charge in [0.25, 0.3) is 0 Å². The Kier molecular flexibility index (Phi) is 7.47. The van der Waals surface area contributed by atoms with E-state index in [1.807, 2.05) is 0 Å². The van der Waals surface area contributed by atoms with Crippen LogP contribution in [-0.4, -0.2) is 47.9 Å². The van der Waals surface area contributed by atoms with E-state index in [4.69, 9.17) is 23.2 Å². The molecule has 2 aromatic carbocycles. The van der Waals surface area contributed by atoms with E-state index in [1.54, 1.807) is 48.5 Å². The number of nitrogens with one attached hydrogen (secondary N) is 4. The van der Waals surface area contributed by atoms with Gasteiger partial charge in [-0.2, -0.15) is 18.2 Å². The molecule has 1 saturated heterocycles. The van der Waals surface area contributed by atoms with Crippen LogP contribution in [0.1, 0.15) is 25.7 Å². The highest BCUT2D eigenvalue weighted by molar-refractivity contribution is 6.33. The summed E-state index contributed by atoms with van der Waals surface area (Å²) in [5.41, 5.74) is 1.20. The van der Waals surface area contributed by atoms with E-state index in [0.29, 0.717) is 5.69 Å². The molecule has 2 aromatic rings. The molecule has 6 nitrogen and oxygen atoms in total. The number of anilines is 2. The molecule has 1 saturated carbocycles. The number of nitrogens with zero attached hydrogens (tertiary/aromatic N) is 1. The maximum absolute atomic E-state index is 14.8. The minimum atomic E-state index is -4.78. The summed E-state index contributed by atoms with van der Waals surface area (Å²) < 4.78 is 44.3. The zero-order chi connectivity index (χ0) is 24.3. The molecule has 2 aliphatic rings. The number of amides is 1. The first-order valence-electron chi connectivity index (χ1n) is 11.1. The van der Waals surface area contributed by atoms with Crippen molar-refractivity contribution in [2.75, 3.05) is 24.0 Å². The Hall–Kier alpha value is -2.20. The smallest absolute Gasteiger partial charge is 0.367 e. The molecule has 1 heterocycles. The fraction of sp³-hybridized carbons (Fsp3) is 0.435. The third-order valence-electron chi connectivity index (χ3n) is 6.24. The monoisotopic (exact) mass is 515 g/mol. The van der Waals surface area contributed by atoms with Crippen LogP contribution in [0.3, 0.4) is 0 Å². The van der Waals surface area contributed by atoms with Gasteiger partial charge in [-0.3, -0.25) is 10.1 Å². The number of para-hydroxylation sites is 2. The van der Waals surface area contributed by atoms with Gasteiger partial charge in [0.2, 0.25) is 5.91 Å². The number of halogens is 5. The fourth-order valence-electron chi connectivity index (χ4n) is 4.66. The van der Waals surface area contributed by atoms with E-state index in [9.17, 15) is 18.0 Å². The van der Waals surface area contributed by atoms with Crippen molar-refractivity contribution in [3.05, 3.63) is 58.6 Å². The Balaban J connectivity index is 1.76. The molecule has 2 unspecified atom stereocenters. The predicted molar refractivity (Wildman–Crippen MR) is 128 cm³/mol. The molecule has 34 heavy (non-hydrogen) atoms. The van der Waals surface area contributed by atoms with Crippen LogP contribution in [0, 0.1) is 0 Å². The lowest BCUT2D eigenvalue weighted by atomic mass is 9.85. The fourth-order valence-corrected chi connectivity index (χ4v) is 5.02.